The fourth-order valence-electron chi connectivity index (χ4n) is 1.95. The minimum Gasteiger partial charge on any atom is -0.306 e. The summed E-state index contributed by atoms with van der Waals surface area (Å²) in [6, 6.07) is 6.78. The van der Waals surface area contributed by atoms with Crippen LogP contribution in [0, 0.1) is 12.7 Å². The molecule has 0 aliphatic rings. The second-order valence-corrected chi connectivity index (χ2v) is 4.57. The van der Waals surface area contributed by atoms with Gasteiger partial charge in [0.05, 0.1) is 5.69 Å². The summed E-state index contributed by atoms with van der Waals surface area (Å²) in [6.45, 7) is 4.83. The molecule has 0 amide bonds. The van der Waals surface area contributed by atoms with E-state index < -0.39 is 0 Å². The second kappa shape index (κ2) is 5.31. The molecule has 4 heteroatoms. The number of halogens is 1. The minimum atomic E-state index is -0.200. The Kier molecular flexibility index (Phi) is 3.77. The highest BCUT2D eigenvalue weighted by Gasteiger charge is 2.07. The minimum absolute atomic E-state index is 0.185. The molecule has 0 saturated carbocycles. The van der Waals surface area contributed by atoms with E-state index in [1.165, 1.54) is 17.7 Å². The molecule has 0 unspecified atom stereocenters. The number of nitrogens with zero attached hydrogens (tertiary/aromatic N) is 2. The van der Waals surface area contributed by atoms with Crippen molar-refractivity contribution in [1.82, 2.24) is 15.1 Å². The van der Waals surface area contributed by atoms with Crippen LogP contribution in [0.2, 0.25) is 0 Å². The van der Waals surface area contributed by atoms with E-state index in [-0.39, 0.29) is 11.9 Å². The van der Waals surface area contributed by atoms with Crippen molar-refractivity contribution < 1.29 is 4.39 Å². The van der Waals surface area contributed by atoms with E-state index in [2.05, 4.69) is 17.3 Å². The third kappa shape index (κ3) is 2.96. The van der Waals surface area contributed by atoms with Gasteiger partial charge in [-0.05, 0) is 31.5 Å². The third-order valence-electron chi connectivity index (χ3n) is 3.08. The van der Waals surface area contributed by atoms with Crippen molar-refractivity contribution in [3.63, 3.8) is 0 Å². The molecule has 1 atom stereocenters. The largest absolute Gasteiger partial charge is 0.306 e. The summed E-state index contributed by atoms with van der Waals surface area (Å²) in [7, 11) is 1.92. The molecule has 0 fully saturated rings. The van der Waals surface area contributed by atoms with Crippen LogP contribution < -0.4 is 5.32 Å². The Hall–Kier alpha value is -1.68. The molecular formula is C14H18FN3. The summed E-state index contributed by atoms with van der Waals surface area (Å²) < 4.78 is 14.6. The molecule has 18 heavy (non-hydrogen) atoms. The van der Waals surface area contributed by atoms with Gasteiger partial charge in [0.2, 0.25) is 0 Å². The smallest absolute Gasteiger partial charge is 0.123 e. The second-order valence-electron chi connectivity index (χ2n) is 4.57. The van der Waals surface area contributed by atoms with Gasteiger partial charge >= 0.3 is 0 Å². The van der Waals surface area contributed by atoms with Crippen molar-refractivity contribution in [1.29, 1.82) is 0 Å². The number of hydrogen-bond donors (Lipinski definition) is 1. The zero-order chi connectivity index (χ0) is 13.1. The van der Waals surface area contributed by atoms with Crippen LogP contribution >= 0.6 is 0 Å². The fraction of sp³-hybridized carbons (Fsp3) is 0.357. The molecule has 1 aromatic carbocycles. The monoisotopic (exact) mass is 247 g/mol. The highest BCUT2D eigenvalue weighted by molar-refractivity contribution is 5.20. The maximum absolute atomic E-state index is 12.8. The normalized spacial score (nSPS) is 12.7. The summed E-state index contributed by atoms with van der Waals surface area (Å²) in [5, 5.41) is 7.71. The number of aryl methyl sites for hydroxylation is 2. The van der Waals surface area contributed by atoms with E-state index in [1.54, 1.807) is 0 Å². The van der Waals surface area contributed by atoms with Crippen LogP contribution in [0.4, 0.5) is 4.39 Å². The number of aromatic nitrogens is 2. The Morgan fingerprint density at radius 1 is 1.33 bits per heavy atom. The van der Waals surface area contributed by atoms with Crippen molar-refractivity contribution in [2.45, 2.75) is 26.4 Å². The van der Waals surface area contributed by atoms with Gasteiger partial charge in [0, 0.05) is 31.4 Å². The van der Waals surface area contributed by atoms with Gasteiger partial charge in [0.15, 0.2) is 0 Å². The molecule has 1 aromatic heterocycles. The zero-order valence-electron chi connectivity index (χ0n) is 10.9. The van der Waals surface area contributed by atoms with Crippen molar-refractivity contribution >= 4 is 0 Å². The van der Waals surface area contributed by atoms with E-state index in [9.17, 15) is 4.39 Å². The molecule has 2 rings (SSSR count). The van der Waals surface area contributed by atoms with Crippen LogP contribution in [-0.2, 0) is 13.6 Å². The molecule has 3 nitrogen and oxygen atoms in total. The average Bonchev–Trinajstić information content (AvgIpc) is 2.66. The Balaban J connectivity index is 1.98. The van der Waals surface area contributed by atoms with Gasteiger partial charge in [-0.1, -0.05) is 12.1 Å². The van der Waals surface area contributed by atoms with Gasteiger partial charge in [-0.3, -0.25) is 4.68 Å². The van der Waals surface area contributed by atoms with Crippen LogP contribution in [0.1, 0.15) is 29.8 Å². The Morgan fingerprint density at radius 3 is 2.56 bits per heavy atom. The lowest BCUT2D eigenvalue weighted by molar-refractivity contribution is 0.570. The molecule has 1 heterocycles. The lowest BCUT2D eigenvalue weighted by Crippen LogP contribution is -2.18. The van der Waals surface area contributed by atoms with Crippen molar-refractivity contribution in [3.8, 4) is 0 Å². The molecule has 0 spiro atoms. The van der Waals surface area contributed by atoms with E-state index in [1.807, 2.05) is 37.0 Å². The highest BCUT2D eigenvalue weighted by Crippen LogP contribution is 2.14. The van der Waals surface area contributed by atoms with Gasteiger partial charge < -0.3 is 5.32 Å². The lowest BCUT2D eigenvalue weighted by Gasteiger charge is -2.13. The zero-order valence-corrected chi connectivity index (χ0v) is 10.9. The number of nitrogens with one attached hydrogen (secondary N) is 1. The SMILES string of the molecule is Cc1nn(C)cc1CN[C@@H](C)c1ccc(F)cc1. The van der Waals surface area contributed by atoms with Crippen LogP contribution in [0.5, 0.6) is 0 Å². The third-order valence-corrected chi connectivity index (χ3v) is 3.08. The fourth-order valence-corrected chi connectivity index (χ4v) is 1.95. The van der Waals surface area contributed by atoms with Crippen LogP contribution in [0.3, 0.4) is 0 Å². The summed E-state index contributed by atoms with van der Waals surface area (Å²) in [6.07, 6.45) is 2.01. The van der Waals surface area contributed by atoms with E-state index in [4.69, 9.17) is 0 Å². The molecule has 0 saturated heterocycles. The molecule has 0 aliphatic carbocycles. The maximum Gasteiger partial charge on any atom is 0.123 e. The molecule has 0 aliphatic heterocycles. The molecule has 2 aromatic rings. The predicted molar refractivity (Wildman–Crippen MR) is 69.6 cm³/mol. The number of hydrogen-bond acceptors (Lipinski definition) is 2. The van der Waals surface area contributed by atoms with Gasteiger partial charge in [0.25, 0.3) is 0 Å². The average molecular weight is 247 g/mol. The maximum atomic E-state index is 12.8. The van der Waals surface area contributed by atoms with Gasteiger partial charge in [0.1, 0.15) is 5.82 Å². The first-order valence-corrected chi connectivity index (χ1v) is 6.04. The molecule has 0 bridgehead atoms. The topological polar surface area (TPSA) is 29.9 Å². The van der Waals surface area contributed by atoms with Crippen molar-refractivity contribution in [2.75, 3.05) is 0 Å². The highest BCUT2D eigenvalue weighted by atomic mass is 19.1. The quantitative estimate of drug-likeness (QED) is 0.900. The summed E-state index contributed by atoms with van der Waals surface area (Å²) in [5.74, 6) is -0.200. The first-order valence-electron chi connectivity index (χ1n) is 6.04. The summed E-state index contributed by atoms with van der Waals surface area (Å²) >= 11 is 0. The van der Waals surface area contributed by atoms with Crippen LogP contribution in [0.15, 0.2) is 30.5 Å². The Bertz CT molecular complexity index is 516. The first-order chi connectivity index (χ1) is 8.56. The van der Waals surface area contributed by atoms with E-state index in [0.717, 1.165) is 17.8 Å². The van der Waals surface area contributed by atoms with Crippen molar-refractivity contribution in [2.24, 2.45) is 7.05 Å². The van der Waals surface area contributed by atoms with Crippen molar-refractivity contribution in [3.05, 3.63) is 53.1 Å². The Labute approximate surface area is 107 Å². The number of rotatable bonds is 4. The molecule has 96 valence electrons. The molecular weight excluding hydrogens is 229 g/mol. The summed E-state index contributed by atoms with van der Waals surface area (Å²) in [4.78, 5) is 0. The van der Waals surface area contributed by atoms with Gasteiger partial charge in [-0.25, -0.2) is 4.39 Å². The van der Waals surface area contributed by atoms with Crippen LogP contribution in [-0.4, -0.2) is 9.78 Å². The van der Waals surface area contributed by atoms with Gasteiger partial charge in [-0.2, -0.15) is 5.10 Å². The standard InChI is InChI=1S/C14H18FN3/c1-10(12-4-6-14(15)7-5-12)16-8-13-9-18(3)17-11(13)2/h4-7,9-10,16H,8H2,1-3H3/t10-/m0/s1. The Morgan fingerprint density at radius 2 is 2.00 bits per heavy atom. The van der Waals surface area contributed by atoms with Crippen LogP contribution in [0.25, 0.3) is 0 Å². The lowest BCUT2D eigenvalue weighted by atomic mass is 10.1. The van der Waals surface area contributed by atoms with E-state index in [0.29, 0.717) is 0 Å². The number of benzene rings is 1. The van der Waals surface area contributed by atoms with E-state index >= 15 is 0 Å². The predicted octanol–water partition coefficient (Wildman–Crippen LogP) is 2.72. The molecule has 1 N–H and O–H groups in total. The summed E-state index contributed by atoms with van der Waals surface area (Å²) in [5.41, 5.74) is 3.31. The first kappa shape index (κ1) is 12.8. The molecule has 0 radical (unpaired) electrons. The van der Waals surface area contributed by atoms with Gasteiger partial charge in [-0.15, -0.1) is 0 Å².